The number of nitrogen functional groups attached to an aromatic ring is 1. The van der Waals surface area contributed by atoms with Gasteiger partial charge in [-0.1, -0.05) is 12.1 Å². The first-order valence-electron chi connectivity index (χ1n) is 5.98. The molecule has 0 saturated carbocycles. The van der Waals surface area contributed by atoms with Crippen molar-refractivity contribution >= 4 is 11.7 Å². The lowest BCUT2D eigenvalue weighted by atomic mass is 10.2. The van der Waals surface area contributed by atoms with E-state index < -0.39 is 5.97 Å². The van der Waals surface area contributed by atoms with Crippen molar-refractivity contribution in [2.24, 2.45) is 0 Å². The second-order valence-electron chi connectivity index (χ2n) is 4.21. The number of phenolic OH excluding ortho intramolecular Hbond substituents is 1. The number of rotatable bonds is 4. The molecule has 20 heavy (non-hydrogen) atoms. The minimum atomic E-state index is -0.530. The van der Waals surface area contributed by atoms with Gasteiger partial charge in [-0.05, 0) is 35.9 Å². The van der Waals surface area contributed by atoms with E-state index in [1.165, 1.54) is 19.2 Å². The van der Waals surface area contributed by atoms with Gasteiger partial charge in [0.15, 0.2) is 0 Å². The lowest BCUT2D eigenvalue weighted by molar-refractivity contribution is 0.0469. The van der Waals surface area contributed by atoms with E-state index in [-0.39, 0.29) is 17.9 Å². The van der Waals surface area contributed by atoms with Gasteiger partial charge < -0.3 is 20.3 Å². The number of phenols is 1. The second-order valence-corrected chi connectivity index (χ2v) is 4.21. The summed E-state index contributed by atoms with van der Waals surface area (Å²) in [4.78, 5) is 12.0. The van der Waals surface area contributed by atoms with Gasteiger partial charge in [-0.2, -0.15) is 0 Å². The Balaban J connectivity index is 2.10. The van der Waals surface area contributed by atoms with Gasteiger partial charge in [0.1, 0.15) is 23.7 Å². The van der Waals surface area contributed by atoms with Gasteiger partial charge in [0.25, 0.3) is 0 Å². The van der Waals surface area contributed by atoms with Gasteiger partial charge in [-0.3, -0.25) is 0 Å². The van der Waals surface area contributed by atoms with Gasteiger partial charge in [-0.25, -0.2) is 4.79 Å². The number of aromatic hydroxyl groups is 1. The monoisotopic (exact) mass is 273 g/mol. The zero-order valence-electron chi connectivity index (χ0n) is 11.0. The van der Waals surface area contributed by atoms with E-state index in [2.05, 4.69) is 0 Å². The maximum Gasteiger partial charge on any atom is 0.342 e. The number of benzene rings is 2. The summed E-state index contributed by atoms with van der Waals surface area (Å²) in [5.74, 6) is -0.00214. The molecule has 0 radical (unpaired) electrons. The number of nitrogens with two attached hydrogens (primary N) is 1. The zero-order valence-corrected chi connectivity index (χ0v) is 11.0. The summed E-state index contributed by atoms with van der Waals surface area (Å²) in [5.41, 5.74) is 7.07. The molecule has 0 saturated heterocycles. The largest absolute Gasteiger partial charge is 0.508 e. The Kier molecular flexibility index (Phi) is 4.10. The molecule has 3 N–H and O–H groups in total. The molecular weight excluding hydrogens is 258 g/mol. The summed E-state index contributed by atoms with van der Waals surface area (Å²) in [6.07, 6.45) is 0. The van der Waals surface area contributed by atoms with Crippen molar-refractivity contribution < 1.29 is 19.4 Å². The molecule has 0 aliphatic heterocycles. The van der Waals surface area contributed by atoms with E-state index in [9.17, 15) is 9.90 Å². The summed E-state index contributed by atoms with van der Waals surface area (Å²) >= 11 is 0. The number of carbonyl (C=O) groups is 1. The minimum Gasteiger partial charge on any atom is -0.508 e. The first-order valence-corrected chi connectivity index (χ1v) is 5.98. The fourth-order valence-electron chi connectivity index (χ4n) is 1.76. The predicted octanol–water partition coefficient (Wildman–Crippen LogP) is 2.34. The minimum absolute atomic E-state index is 0.0607. The lowest BCUT2D eigenvalue weighted by Gasteiger charge is -2.09. The molecule has 104 valence electrons. The first-order chi connectivity index (χ1) is 9.60. The standard InChI is InChI=1S/C15H15NO4/c1-19-14-6-5-11(16)8-13(14)15(18)20-9-10-3-2-4-12(17)7-10/h2-8,17H,9,16H2,1H3. The predicted molar refractivity (Wildman–Crippen MR) is 74.6 cm³/mol. The van der Waals surface area contributed by atoms with Crippen LogP contribution in [-0.4, -0.2) is 18.2 Å². The Morgan fingerprint density at radius 1 is 1.25 bits per heavy atom. The van der Waals surface area contributed by atoms with Crippen molar-refractivity contribution in [3.8, 4) is 11.5 Å². The van der Waals surface area contributed by atoms with Crippen LogP contribution in [0.3, 0.4) is 0 Å². The summed E-state index contributed by atoms with van der Waals surface area (Å²) in [6, 6.07) is 11.3. The Labute approximate surface area is 116 Å². The van der Waals surface area contributed by atoms with Crippen molar-refractivity contribution in [1.82, 2.24) is 0 Å². The number of anilines is 1. The zero-order chi connectivity index (χ0) is 14.5. The third kappa shape index (κ3) is 3.20. The quantitative estimate of drug-likeness (QED) is 0.660. The summed E-state index contributed by atoms with van der Waals surface area (Å²) in [5, 5.41) is 9.34. The number of carbonyl (C=O) groups excluding carboxylic acids is 1. The van der Waals surface area contributed by atoms with Crippen LogP contribution in [0.5, 0.6) is 11.5 Å². The highest BCUT2D eigenvalue weighted by atomic mass is 16.5. The summed E-state index contributed by atoms with van der Waals surface area (Å²) < 4.78 is 10.3. The van der Waals surface area contributed by atoms with Crippen molar-refractivity contribution in [3.63, 3.8) is 0 Å². The van der Waals surface area contributed by atoms with Crippen LogP contribution in [0.15, 0.2) is 42.5 Å². The molecule has 2 aromatic rings. The van der Waals surface area contributed by atoms with Crippen LogP contribution in [-0.2, 0) is 11.3 Å². The third-order valence-electron chi connectivity index (χ3n) is 2.72. The summed E-state index contributed by atoms with van der Waals surface area (Å²) in [7, 11) is 1.47. The van der Waals surface area contributed by atoms with Gasteiger partial charge in [0, 0.05) is 5.69 Å². The molecule has 0 heterocycles. The summed E-state index contributed by atoms with van der Waals surface area (Å²) in [6.45, 7) is 0.0607. The van der Waals surface area contributed by atoms with Crippen LogP contribution in [0.1, 0.15) is 15.9 Å². The van der Waals surface area contributed by atoms with Gasteiger partial charge in [-0.15, -0.1) is 0 Å². The first kappa shape index (κ1) is 13.7. The van der Waals surface area contributed by atoms with Crippen molar-refractivity contribution in [3.05, 3.63) is 53.6 Å². The number of ether oxygens (including phenoxy) is 2. The fourth-order valence-corrected chi connectivity index (χ4v) is 1.76. The topological polar surface area (TPSA) is 81.8 Å². The van der Waals surface area contributed by atoms with Crippen LogP contribution in [0.2, 0.25) is 0 Å². The van der Waals surface area contributed by atoms with Crippen molar-refractivity contribution in [1.29, 1.82) is 0 Å². The van der Waals surface area contributed by atoms with E-state index in [1.807, 2.05) is 0 Å². The lowest BCUT2D eigenvalue weighted by Crippen LogP contribution is -2.08. The van der Waals surface area contributed by atoms with E-state index in [4.69, 9.17) is 15.2 Å². The average molecular weight is 273 g/mol. The van der Waals surface area contributed by atoms with Crippen LogP contribution in [0.4, 0.5) is 5.69 Å². The molecule has 2 aromatic carbocycles. The second kappa shape index (κ2) is 5.97. The normalized spacial score (nSPS) is 10.1. The van der Waals surface area contributed by atoms with E-state index >= 15 is 0 Å². The van der Waals surface area contributed by atoms with Crippen LogP contribution >= 0.6 is 0 Å². The maximum atomic E-state index is 12.0. The molecule has 5 heteroatoms. The van der Waals surface area contributed by atoms with Crippen LogP contribution in [0.25, 0.3) is 0 Å². The van der Waals surface area contributed by atoms with E-state index in [1.54, 1.807) is 30.3 Å². The highest BCUT2D eigenvalue weighted by Gasteiger charge is 2.14. The highest BCUT2D eigenvalue weighted by molar-refractivity contribution is 5.93. The van der Waals surface area contributed by atoms with Gasteiger partial charge in [0.05, 0.1) is 7.11 Å². The molecule has 0 atom stereocenters. The molecule has 0 unspecified atom stereocenters. The Hall–Kier alpha value is -2.69. The molecule has 0 bridgehead atoms. The van der Waals surface area contributed by atoms with E-state index in [0.717, 1.165) is 0 Å². The molecule has 0 aromatic heterocycles. The molecule has 0 aliphatic carbocycles. The average Bonchev–Trinajstić information content (AvgIpc) is 2.45. The van der Waals surface area contributed by atoms with Gasteiger partial charge >= 0.3 is 5.97 Å². The fraction of sp³-hybridized carbons (Fsp3) is 0.133. The molecule has 0 amide bonds. The molecule has 2 rings (SSSR count). The Morgan fingerprint density at radius 2 is 2.05 bits per heavy atom. The number of methoxy groups -OCH3 is 1. The number of hydrogen-bond acceptors (Lipinski definition) is 5. The molecule has 0 spiro atoms. The Bertz CT molecular complexity index is 625. The Morgan fingerprint density at radius 3 is 2.75 bits per heavy atom. The van der Waals surface area contributed by atoms with Crippen LogP contribution in [0, 0.1) is 0 Å². The number of esters is 1. The van der Waals surface area contributed by atoms with Gasteiger partial charge in [0.2, 0.25) is 0 Å². The molecule has 0 fully saturated rings. The number of hydrogen-bond donors (Lipinski definition) is 2. The highest BCUT2D eigenvalue weighted by Crippen LogP contribution is 2.22. The molecular formula is C15H15NO4. The van der Waals surface area contributed by atoms with Crippen molar-refractivity contribution in [2.45, 2.75) is 6.61 Å². The SMILES string of the molecule is COc1ccc(N)cc1C(=O)OCc1cccc(O)c1. The van der Waals surface area contributed by atoms with E-state index in [0.29, 0.717) is 17.0 Å². The van der Waals surface area contributed by atoms with Crippen molar-refractivity contribution in [2.75, 3.05) is 12.8 Å². The third-order valence-corrected chi connectivity index (χ3v) is 2.72. The van der Waals surface area contributed by atoms with Crippen LogP contribution < -0.4 is 10.5 Å². The smallest absolute Gasteiger partial charge is 0.342 e. The maximum absolute atomic E-state index is 12.0. The molecule has 0 aliphatic rings. The molecule has 5 nitrogen and oxygen atoms in total.